The molecule has 0 radical (unpaired) electrons. The second kappa shape index (κ2) is 11.2. The van der Waals surface area contributed by atoms with Crippen molar-refractivity contribution < 1.29 is 8.42 Å². The fraction of sp³-hybridized carbons (Fsp3) is 0.643. The number of hydrogen-bond donors (Lipinski definition) is 3. The second-order valence-electron chi connectivity index (χ2n) is 5.06. The van der Waals surface area contributed by atoms with Crippen LogP contribution in [0.5, 0.6) is 0 Å². The van der Waals surface area contributed by atoms with Gasteiger partial charge in [-0.25, -0.2) is 13.1 Å². The van der Waals surface area contributed by atoms with Gasteiger partial charge in [0.05, 0.1) is 5.75 Å². The first-order chi connectivity index (χ1) is 10.4. The van der Waals surface area contributed by atoms with Gasteiger partial charge >= 0.3 is 0 Å². The third kappa shape index (κ3) is 9.48. The molecule has 0 aliphatic carbocycles. The van der Waals surface area contributed by atoms with E-state index in [1.807, 2.05) is 0 Å². The quantitative estimate of drug-likeness (QED) is 0.232. The summed E-state index contributed by atoms with van der Waals surface area (Å²) in [6, 6.07) is 4.52. The monoisotopic (exact) mass is 474 g/mol. The van der Waals surface area contributed by atoms with Crippen molar-refractivity contribution in [2.24, 2.45) is 4.99 Å². The van der Waals surface area contributed by atoms with E-state index in [4.69, 9.17) is 0 Å². The second-order valence-corrected chi connectivity index (χ2v) is 8.53. The molecule has 9 heteroatoms. The number of guanidine groups is 1. The lowest BCUT2D eigenvalue weighted by Crippen LogP contribution is -2.45. The van der Waals surface area contributed by atoms with Gasteiger partial charge < -0.3 is 10.6 Å². The van der Waals surface area contributed by atoms with Crippen LogP contribution >= 0.6 is 35.3 Å². The minimum Gasteiger partial charge on any atom is -0.355 e. The molecule has 0 aliphatic rings. The molecular formula is C14H27IN4O2S2. The van der Waals surface area contributed by atoms with E-state index in [-0.39, 0.29) is 35.8 Å². The van der Waals surface area contributed by atoms with Gasteiger partial charge in [-0.15, -0.1) is 35.3 Å². The molecule has 134 valence electrons. The summed E-state index contributed by atoms with van der Waals surface area (Å²) in [6.07, 6.45) is 0.932. The average molecular weight is 474 g/mol. The van der Waals surface area contributed by atoms with E-state index in [0.717, 1.165) is 6.42 Å². The van der Waals surface area contributed by atoms with Crippen LogP contribution in [0.25, 0.3) is 0 Å². The van der Waals surface area contributed by atoms with Crippen molar-refractivity contribution in [3.8, 4) is 0 Å². The molecule has 23 heavy (non-hydrogen) atoms. The van der Waals surface area contributed by atoms with Gasteiger partial charge in [-0.2, -0.15) is 0 Å². The van der Waals surface area contributed by atoms with Crippen LogP contribution in [0.15, 0.2) is 17.1 Å². The number of rotatable bonds is 8. The summed E-state index contributed by atoms with van der Waals surface area (Å²) in [5.74, 6) is 0.772. The lowest BCUT2D eigenvalue weighted by Gasteiger charge is -2.17. The molecule has 3 N–H and O–H groups in total. The van der Waals surface area contributed by atoms with Crippen molar-refractivity contribution in [3.63, 3.8) is 0 Å². The Labute approximate surface area is 160 Å². The summed E-state index contributed by atoms with van der Waals surface area (Å²) in [4.78, 5) is 6.80. The third-order valence-corrected chi connectivity index (χ3v) is 5.46. The Hall–Kier alpha value is -0.390. The van der Waals surface area contributed by atoms with E-state index >= 15 is 0 Å². The number of hydrogen-bond acceptors (Lipinski definition) is 4. The fourth-order valence-corrected chi connectivity index (χ4v) is 3.50. The van der Waals surface area contributed by atoms with Gasteiger partial charge in [0.15, 0.2) is 5.96 Å². The zero-order valence-corrected chi connectivity index (χ0v) is 18.0. The molecule has 0 amide bonds. The summed E-state index contributed by atoms with van der Waals surface area (Å²) in [7, 11) is -1.43. The van der Waals surface area contributed by atoms with E-state index in [9.17, 15) is 8.42 Å². The van der Waals surface area contributed by atoms with Gasteiger partial charge in [0.25, 0.3) is 0 Å². The number of nitrogens with one attached hydrogen (secondary N) is 3. The Balaban J connectivity index is 0.00000484. The van der Waals surface area contributed by atoms with Crippen molar-refractivity contribution in [3.05, 3.63) is 21.9 Å². The predicted molar refractivity (Wildman–Crippen MR) is 110 cm³/mol. The lowest BCUT2D eigenvalue weighted by molar-refractivity contribution is 0.581. The van der Waals surface area contributed by atoms with Crippen LogP contribution in [0.3, 0.4) is 0 Å². The maximum absolute atomic E-state index is 11.3. The first kappa shape index (κ1) is 22.6. The van der Waals surface area contributed by atoms with Crippen LogP contribution in [0.1, 0.15) is 23.6 Å². The maximum atomic E-state index is 11.3. The highest BCUT2D eigenvalue weighted by molar-refractivity contribution is 14.0. The van der Waals surface area contributed by atoms with Crippen molar-refractivity contribution in [2.75, 3.05) is 25.9 Å². The Morgan fingerprint density at radius 3 is 2.57 bits per heavy atom. The minimum absolute atomic E-state index is 0. The molecule has 0 spiro atoms. The molecule has 1 rings (SSSR count). The van der Waals surface area contributed by atoms with E-state index in [0.29, 0.717) is 19.0 Å². The third-order valence-electron chi connectivity index (χ3n) is 3.03. The van der Waals surface area contributed by atoms with E-state index in [1.165, 1.54) is 9.75 Å². The van der Waals surface area contributed by atoms with E-state index < -0.39 is 10.0 Å². The number of sulfonamides is 1. The lowest BCUT2D eigenvalue weighted by atomic mass is 10.2. The minimum atomic E-state index is -3.13. The largest absolute Gasteiger partial charge is 0.355 e. The summed E-state index contributed by atoms with van der Waals surface area (Å²) < 4.78 is 25.1. The van der Waals surface area contributed by atoms with Gasteiger partial charge in [0.1, 0.15) is 0 Å². The first-order valence-corrected chi connectivity index (χ1v) is 9.83. The van der Waals surface area contributed by atoms with Crippen molar-refractivity contribution in [1.29, 1.82) is 0 Å². The SMILES string of the molecule is CCS(=O)(=O)NCCNC(=NC)NC(C)Cc1ccc(C)s1.I. The topological polar surface area (TPSA) is 82.6 Å². The predicted octanol–water partition coefficient (Wildman–Crippen LogP) is 1.71. The number of aliphatic imine (C=N–C) groups is 1. The number of aryl methyl sites for hydroxylation is 1. The molecular weight excluding hydrogens is 447 g/mol. The molecule has 0 fully saturated rings. The van der Waals surface area contributed by atoms with Gasteiger partial charge in [-0.1, -0.05) is 0 Å². The molecule has 0 bridgehead atoms. The van der Waals surface area contributed by atoms with Crippen LogP contribution in [0.4, 0.5) is 0 Å². The molecule has 1 aromatic rings. The summed E-state index contributed by atoms with van der Waals surface area (Å²) in [5, 5.41) is 6.41. The molecule has 6 nitrogen and oxygen atoms in total. The van der Waals surface area contributed by atoms with E-state index in [2.05, 4.69) is 46.3 Å². The van der Waals surface area contributed by atoms with Crippen LogP contribution in [0, 0.1) is 6.92 Å². The van der Waals surface area contributed by atoms with Crippen LogP contribution < -0.4 is 15.4 Å². The van der Waals surface area contributed by atoms with Crippen molar-refractivity contribution in [1.82, 2.24) is 15.4 Å². The van der Waals surface area contributed by atoms with Gasteiger partial charge in [0, 0.05) is 42.4 Å². The van der Waals surface area contributed by atoms with Gasteiger partial charge in [-0.05, 0) is 32.9 Å². The Morgan fingerprint density at radius 1 is 1.35 bits per heavy atom. The van der Waals surface area contributed by atoms with Crippen molar-refractivity contribution in [2.45, 2.75) is 33.2 Å². The molecule has 1 heterocycles. The molecule has 0 aromatic carbocycles. The molecule has 0 saturated carbocycles. The van der Waals surface area contributed by atoms with Crippen LogP contribution in [-0.2, 0) is 16.4 Å². The highest BCUT2D eigenvalue weighted by Gasteiger charge is 2.08. The highest BCUT2D eigenvalue weighted by atomic mass is 127. The molecule has 0 aliphatic heterocycles. The molecule has 1 aromatic heterocycles. The van der Waals surface area contributed by atoms with Gasteiger partial charge in [0.2, 0.25) is 10.0 Å². The van der Waals surface area contributed by atoms with Crippen LogP contribution in [-0.4, -0.2) is 46.3 Å². The van der Waals surface area contributed by atoms with Crippen molar-refractivity contribution >= 4 is 51.3 Å². The standard InChI is InChI=1S/C14H26N4O2S2.HI/c1-5-22(19,20)17-9-8-16-14(15-4)18-11(2)10-13-7-6-12(3)21-13;/h6-7,11,17H,5,8-10H2,1-4H3,(H2,15,16,18);1H. The molecule has 0 saturated heterocycles. The Morgan fingerprint density at radius 2 is 2.04 bits per heavy atom. The average Bonchev–Trinajstić information content (AvgIpc) is 2.87. The molecule has 1 atom stereocenters. The summed E-state index contributed by atoms with van der Waals surface area (Å²) in [5.41, 5.74) is 0. The summed E-state index contributed by atoms with van der Waals surface area (Å²) >= 11 is 1.80. The van der Waals surface area contributed by atoms with E-state index in [1.54, 1.807) is 25.3 Å². The maximum Gasteiger partial charge on any atom is 0.211 e. The number of thiophene rings is 1. The summed E-state index contributed by atoms with van der Waals surface area (Å²) in [6.45, 7) is 6.65. The Kier molecular flexibility index (Phi) is 11.0. The highest BCUT2D eigenvalue weighted by Crippen LogP contribution is 2.16. The van der Waals surface area contributed by atoms with Gasteiger partial charge in [-0.3, -0.25) is 4.99 Å². The number of nitrogens with zero attached hydrogens (tertiary/aromatic N) is 1. The smallest absolute Gasteiger partial charge is 0.211 e. The zero-order chi connectivity index (χ0) is 16.6. The first-order valence-electron chi connectivity index (χ1n) is 7.36. The van der Waals surface area contributed by atoms with Crippen LogP contribution in [0.2, 0.25) is 0 Å². The normalized spacial score (nSPS) is 13.3. The Bertz CT molecular complexity index is 587. The molecule has 1 unspecified atom stereocenters. The zero-order valence-electron chi connectivity index (χ0n) is 14.0. The fourth-order valence-electron chi connectivity index (χ4n) is 1.87. The number of halogens is 1.